The van der Waals surface area contributed by atoms with E-state index in [2.05, 4.69) is 0 Å². The lowest BCUT2D eigenvalue weighted by molar-refractivity contribution is -0.125. The minimum Gasteiger partial charge on any atom is -0.461 e. The Labute approximate surface area is 94.2 Å². The fourth-order valence-corrected chi connectivity index (χ4v) is 1.96. The van der Waals surface area contributed by atoms with Crippen molar-refractivity contribution in [2.45, 2.75) is 13.3 Å². The van der Waals surface area contributed by atoms with Crippen LogP contribution in [0.5, 0.6) is 0 Å². The Morgan fingerprint density at radius 1 is 1.62 bits per heavy atom. The molecule has 0 saturated carbocycles. The maximum absolute atomic E-state index is 11.7. The molecule has 86 valence electrons. The number of furan rings is 1. The number of piperidine rings is 1. The summed E-state index contributed by atoms with van der Waals surface area (Å²) in [6, 6.07) is 3.37. The molecule has 1 aromatic rings. The molecule has 0 radical (unpaired) electrons. The normalized spacial score (nSPS) is 22.3. The van der Waals surface area contributed by atoms with E-state index in [1.165, 1.54) is 6.26 Å². The number of carbonyl (C=O) groups excluding carboxylic acids is 2. The largest absolute Gasteiger partial charge is 0.461 e. The molecule has 1 aliphatic rings. The van der Waals surface area contributed by atoms with E-state index in [4.69, 9.17) is 4.42 Å². The summed E-state index contributed by atoms with van der Waals surface area (Å²) in [5.41, 5.74) is 0. The van der Waals surface area contributed by atoms with Gasteiger partial charge in [-0.3, -0.25) is 14.5 Å². The van der Waals surface area contributed by atoms with E-state index in [0.29, 0.717) is 37.6 Å². The first-order valence-corrected chi connectivity index (χ1v) is 5.48. The molecular formula is C12H15NO3. The minimum atomic E-state index is -0.0217. The van der Waals surface area contributed by atoms with E-state index >= 15 is 0 Å². The Hall–Kier alpha value is -1.42. The van der Waals surface area contributed by atoms with E-state index in [0.717, 1.165) is 0 Å². The van der Waals surface area contributed by atoms with Crippen LogP contribution in [-0.4, -0.2) is 36.1 Å². The topological polar surface area (TPSA) is 50.5 Å². The van der Waals surface area contributed by atoms with Crippen LogP contribution in [0, 0.1) is 5.92 Å². The standard InChI is InChI=1S/C12H15NO3/c1-9-7-13(5-4-10(9)14)8-11(15)12-3-2-6-16-12/h2-3,6,9H,4-5,7-8H2,1H3. The first kappa shape index (κ1) is 11.1. The van der Waals surface area contributed by atoms with Crippen LogP contribution in [0.1, 0.15) is 23.9 Å². The van der Waals surface area contributed by atoms with E-state index in [1.54, 1.807) is 12.1 Å². The molecule has 0 bridgehead atoms. The molecule has 0 aromatic carbocycles. The van der Waals surface area contributed by atoms with Gasteiger partial charge in [0.1, 0.15) is 5.78 Å². The smallest absolute Gasteiger partial charge is 0.211 e. The zero-order chi connectivity index (χ0) is 11.5. The molecule has 1 saturated heterocycles. The Balaban J connectivity index is 1.91. The molecule has 0 spiro atoms. The third-order valence-corrected chi connectivity index (χ3v) is 2.92. The highest BCUT2D eigenvalue weighted by atomic mass is 16.3. The van der Waals surface area contributed by atoms with E-state index in [9.17, 15) is 9.59 Å². The van der Waals surface area contributed by atoms with Gasteiger partial charge in [-0.25, -0.2) is 0 Å². The lowest BCUT2D eigenvalue weighted by Crippen LogP contribution is -2.42. The molecule has 0 N–H and O–H groups in total. The van der Waals surface area contributed by atoms with Gasteiger partial charge in [-0.2, -0.15) is 0 Å². The van der Waals surface area contributed by atoms with Crippen LogP contribution < -0.4 is 0 Å². The van der Waals surface area contributed by atoms with Crippen LogP contribution in [0.3, 0.4) is 0 Å². The average molecular weight is 221 g/mol. The minimum absolute atomic E-state index is 0.0217. The summed E-state index contributed by atoms with van der Waals surface area (Å²) < 4.78 is 5.04. The van der Waals surface area contributed by atoms with Gasteiger partial charge in [0.25, 0.3) is 0 Å². The highest BCUT2D eigenvalue weighted by Gasteiger charge is 2.25. The molecule has 2 rings (SSSR count). The third-order valence-electron chi connectivity index (χ3n) is 2.92. The van der Waals surface area contributed by atoms with Crippen LogP contribution in [0.15, 0.2) is 22.8 Å². The van der Waals surface area contributed by atoms with Crippen LogP contribution in [0.2, 0.25) is 0 Å². The molecule has 0 aliphatic carbocycles. The number of ketones is 2. The van der Waals surface area contributed by atoms with E-state index in [1.807, 2.05) is 11.8 Å². The summed E-state index contributed by atoms with van der Waals surface area (Å²) in [6.45, 7) is 3.60. The molecule has 4 heteroatoms. The summed E-state index contributed by atoms with van der Waals surface area (Å²) in [6.07, 6.45) is 2.04. The molecule has 1 aliphatic heterocycles. The number of hydrogen-bond donors (Lipinski definition) is 0. The highest BCUT2D eigenvalue weighted by molar-refractivity contribution is 5.95. The van der Waals surface area contributed by atoms with Gasteiger partial charge < -0.3 is 4.42 Å². The number of nitrogens with zero attached hydrogens (tertiary/aromatic N) is 1. The van der Waals surface area contributed by atoms with Crippen molar-refractivity contribution in [3.8, 4) is 0 Å². The maximum Gasteiger partial charge on any atom is 0.211 e. The Morgan fingerprint density at radius 3 is 3.06 bits per heavy atom. The van der Waals surface area contributed by atoms with Gasteiger partial charge in [0, 0.05) is 25.4 Å². The van der Waals surface area contributed by atoms with Crippen molar-refractivity contribution in [2.24, 2.45) is 5.92 Å². The van der Waals surface area contributed by atoms with Crippen molar-refractivity contribution in [3.05, 3.63) is 24.2 Å². The highest BCUT2D eigenvalue weighted by Crippen LogP contribution is 2.13. The maximum atomic E-state index is 11.7. The van der Waals surface area contributed by atoms with Gasteiger partial charge in [0.2, 0.25) is 5.78 Å². The molecule has 1 fully saturated rings. The number of likely N-dealkylation sites (tertiary alicyclic amines) is 1. The first-order valence-electron chi connectivity index (χ1n) is 5.48. The predicted octanol–water partition coefficient (Wildman–Crippen LogP) is 1.37. The molecule has 16 heavy (non-hydrogen) atoms. The molecular weight excluding hydrogens is 206 g/mol. The zero-order valence-electron chi connectivity index (χ0n) is 9.31. The van der Waals surface area contributed by atoms with Gasteiger partial charge in [-0.1, -0.05) is 6.92 Å². The van der Waals surface area contributed by atoms with Crippen LogP contribution >= 0.6 is 0 Å². The molecule has 1 atom stereocenters. The number of carbonyl (C=O) groups is 2. The molecule has 1 aromatic heterocycles. The number of hydrogen-bond acceptors (Lipinski definition) is 4. The van der Waals surface area contributed by atoms with Crippen LogP contribution in [0.4, 0.5) is 0 Å². The second-order valence-corrected chi connectivity index (χ2v) is 4.25. The zero-order valence-corrected chi connectivity index (χ0v) is 9.31. The summed E-state index contributed by atoms with van der Waals surface area (Å²) in [7, 11) is 0. The SMILES string of the molecule is CC1CN(CC(=O)c2ccco2)CCC1=O. The van der Waals surface area contributed by atoms with E-state index < -0.39 is 0 Å². The fourth-order valence-electron chi connectivity index (χ4n) is 1.96. The second-order valence-electron chi connectivity index (χ2n) is 4.25. The van der Waals surface area contributed by atoms with Gasteiger partial charge in [0.05, 0.1) is 12.8 Å². The van der Waals surface area contributed by atoms with E-state index in [-0.39, 0.29) is 11.7 Å². The lowest BCUT2D eigenvalue weighted by atomic mass is 9.98. The molecule has 1 unspecified atom stereocenters. The predicted molar refractivity (Wildman–Crippen MR) is 58.3 cm³/mol. The van der Waals surface area contributed by atoms with Gasteiger partial charge in [0.15, 0.2) is 5.76 Å². The van der Waals surface area contributed by atoms with Gasteiger partial charge in [-0.15, -0.1) is 0 Å². The fraction of sp³-hybridized carbons (Fsp3) is 0.500. The van der Waals surface area contributed by atoms with Crippen LogP contribution in [-0.2, 0) is 4.79 Å². The Kier molecular flexibility index (Phi) is 3.19. The summed E-state index contributed by atoms with van der Waals surface area (Å²) in [5, 5.41) is 0. The van der Waals surface area contributed by atoms with Crippen molar-refractivity contribution in [3.63, 3.8) is 0 Å². The monoisotopic (exact) mass is 221 g/mol. The first-order chi connectivity index (χ1) is 7.66. The Bertz CT molecular complexity index is 383. The van der Waals surface area contributed by atoms with Gasteiger partial charge in [-0.05, 0) is 12.1 Å². The lowest BCUT2D eigenvalue weighted by Gasteiger charge is -2.28. The molecule has 4 nitrogen and oxygen atoms in total. The molecule has 0 amide bonds. The third kappa shape index (κ3) is 2.39. The van der Waals surface area contributed by atoms with Crippen molar-refractivity contribution in [1.82, 2.24) is 4.90 Å². The number of rotatable bonds is 3. The average Bonchev–Trinajstić information content (AvgIpc) is 2.77. The van der Waals surface area contributed by atoms with Crippen molar-refractivity contribution in [2.75, 3.05) is 19.6 Å². The van der Waals surface area contributed by atoms with Gasteiger partial charge >= 0.3 is 0 Å². The van der Waals surface area contributed by atoms with Crippen molar-refractivity contribution in [1.29, 1.82) is 0 Å². The van der Waals surface area contributed by atoms with Crippen molar-refractivity contribution < 1.29 is 14.0 Å². The molecule has 2 heterocycles. The summed E-state index contributed by atoms with van der Waals surface area (Å²) in [4.78, 5) is 25.1. The van der Waals surface area contributed by atoms with Crippen molar-refractivity contribution >= 4 is 11.6 Å². The second kappa shape index (κ2) is 4.61. The van der Waals surface area contributed by atoms with Crippen LogP contribution in [0.25, 0.3) is 0 Å². The Morgan fingerprint density at radius 2 is 2.44 bits per heavy atom. The number of Topliss-reactive ketones (excluding diaryl/α,β-unsaturated/α-hetero) is 2. The summed E-state index contributed by atoms with van der Waals surface area (Å²) >= 11 is 0. The summed E-state index contributed by atoms with van der Waals surface area (Å²) in [5.74, 6) is 0.705. The quantitative estimate of drug-likeness (QED) is 0.723.